The van der Waals surface area contributed by atoms with Gasteiger partial charge in [0, 0.05) is 31.7 Å². The Kier molecular flexibility index (Phi) is 5.58. The van der Waals surface area contributed by atoms with Crippen molar-refractivity contribution in [2.24, 2.45) is 0 Å². The molecule has 1 fully saturated rings. The van der Waals surface area contributed by atoms with Crippen molar-refractivity contribution in [3.05, 3.63) is 70.3 Å². The number of halogens is 1. The zero-order chi connectivity index (χ0) is 18.1. The first-order valence-corrected chi connectivity index (χ1v) is 8.74. The van der Waals surface area contributed by atoms with Crippen molar-refractivity contribution in [3.8, 4) is 5.69 Å². The molecule has 0 atom stereocenters. The number of nitrogens with one attached hydrogen (secondary N) is 1. The lowest BCUT2D eigenvalue weighted by Crippen LogP contribution is -2.46. The number of fused-ring (bicyclic) bond motifs is 1. The van der Waals surface area contributed by atoms with Gasteiger partial charge in [-0.1, -0.05) is 12.1 Å². The predicted molar refractivity (Wildman–Crippen MR) is 108 cm³/mol. The van der Waals surface area contributed by atoms with Gasteiger partial charge in [0.05, 0.1) is 16.6 Å². The van der Waals surface area contributed by atoms with E-state index in [2.05, 4.69) is 10.3 Å². The van der Waals surface area contributed by atoms with E-state index in [1.807, 2.05) is 30.0 Å². The molecule has 1 aliphatic heterocycles. The summed E-state index contributed by atoms with van der Waals surface area (Å²) >= 11 is 0. The molecule has 3 aromatic rings. The van der Waals surface area contributed by atoms with Gasteiger partial charge in [-0.25, -0.2) is 4.98 Å². The van der Waals surface area contributed by atoms with Crippen LogP contribution in [0.15, 0.2) is 53.3 Å². The molecule has 1 N–H and O–H groups in total. The van der Waals surface area contributed by atoms with Crippen molar-refractivity contribution in [1.29, 1.82) is 0 Å². The Labute approximate surface area is 163 Å². The lowest BCUT2D eigenvalue weighted by molar-refractivity contribution is 0.0736. The van der Waals surface area contributed by atoms with Crippen LogP contribution >= 0.6 is 12.4 Å². The van der Waals surface area contributed by atoms with Gasteiger partial charge in [-0.3, -0.25) is 14.2 Å². The molecule has 0 unspecified atom stereocenters. The van der Waals surface area contributed by atoms with Crippen LogP contribution in [-0.2, 0) is 0 Å². The number of amides is 1. The maximum Gasteiger partial charge on any atom is 0.265 e. The van der Waals surface area contributed by atoms with E-state index in [0.29, 0.717) is 41.1 Å². The average molecular weight is 385 g/mol. The van der Waals surface area contributed by atoms with Crippen LogP contribution in [0.5, 0.6) is 0 Å². The minimum Gasteiger partial charge on any atom is -0.336 e. The summed E-state index contributed by atoms with van der Waals surface area (Å²) in [7, 11) is 0. The van der Waals surface area contributed by atoms with Crippen molar-refractivity contribution >= 4 is 29.2 Å². The van der Waals surface area contributed by atoms with E-state index < -0.39 is 0 Å². The van der Waals surface area contributed by atoms with Crippen LogP contribution < -0.4 is 10.9 Å². The maximum atomic E-state index is 12.9. The smallest absolute Gasteiger partial charge is 0.265 e. The summed E-state index contributed by atoms with van der Waals surface area (Å²) in [4.78, 5) is 31.8. The average Bonchev–Trinajstić information content (AvgIpc) is 2.69. The number of benzene rings is 2. The molecule has 2 aromatic carbocycles. The molecule has 0 spiro atoms. The van der Waals surface area contributed by atoms with Crippen LogP contribution in [0.25, 0.3) is 16.6 Å². The first-order valence-electron chi connectivity index (χ1n) is 8.74. The van der Waals surface area contributed by atoms with Crippen LogP contribution in [0.1, 0.15) is 16.2 Å². The molecule has 0 radical (unpaired) electrons. The van der Waals surface area contributed by atoms with Crippen LogP contribution in [-0.4, -0.2) is 46.5 Å². The fraction of sp³-hybridized carbons (Fsp3) is 0.250. The van der Waals surface area contributed by atoms with Gasteiger partial charge in [-0.2, -0.15) is 0 Å². The first-order chi connectivity index (χ1) is 12.6. The summed E-state index contributed by atoms with van der Waals surface area (Å²) < 4.78 is 1.58. The largest absolute Gasteiger partial charge is 0.336 e. The van der Waals surface area contributed by atoms with Gasteiger partial charge in [-0.05, 0) is 43.3 Å². The van der Waals surface area contributed by atoms with Gasteiger partial charge >= 0.3 is 0 Å². The zero-order valence-corrected chi connectivity index (χ0v) is 15.8. The van der Waals surface area contributed by atoms with Gasteiger partial charge in [0.1, 0.15) is 5.82 Å². The van der Waals surface area contributed by atoms with Crippen LogP contribution in [0, 0.1) is 6.92 Å². The Bertz CT molecular complexity index is 1020. The molecular formula is C20H21ClN4O2. The van der Waals surface area contributed by atoms with E-state index in [1.54, 1.807) is 34.9 Å². The topological polar surface area (TPSA) is 67.2 Å². The summed E-state index contributed by atoms with van der Waals surface area (Å²) in [6, 6.07) is 14.5. The molecule has 0 aliphatic carbocycles. The predicted octanol–water partition coefficient (Wildman–Crippen LogP) is 2.16. The Morgan fingerprint density at radius 2 is 1.70 bits per heavy atom. The SMILES string of the molecule is Cc1nc2ccccc2c(=O)n1-c1ccc(C(=O)N2CCNCC2)cc1.Cl. The third-order valence-electron chi connectivity index (χ3n) is 4.72. The standard InChI is InChI=1S/C20H20N4O2.ClH/c1-14-22-18-5-3-2-4-17(18)20(26)24(14)16-8-6-15(7-9-16)19(25)23-12-10-21-11-13-23;/h2-9,21H,10-13H2,1H3;1H. The van der Waals surface area contributed by atoms with Crippen LogP contribution in [0.3, 0.4) is 0 Å². The highest BCUT2D eigenvalue weighted by atomic mass is 35.5. The van der Waals surface area contributed by atoms with E-state index in [-0.39, 0.29) is 23.9 Å². The molecule has 1 saturated heterocycles. The van der Waals surface area contributed by atoms with E-state index in [1.165, 1.54) is 0 Å². The molecule has 4 rings (SSSR count). The van der Waals surface area contributed by atoms with E-state index in [9.17, 15) is 9.59 Å². The molecular weight excluding hydrogens is 364 g/mol. The number of rotatable bonds is 2. The highest BCUT2D eigenvalue weighted by Crippen LogP contribution is 2.14. The second-order valence-electron chi connectivity index (χ2n) is 6.41. The Morgan fingerprint density at radius 1 is 1.04 bits per heavy atom. The molecule has 7 heteroatoms. The van der Waals surface area contributed by atoms with Gasteiger partial charge in [0.2, 0.25) is 0 Å². The highest BCUT2D eigenvalue weighted by Gasteiger charge is 2.18. The van der Waals surface area contributed by atoms with Crippen molar-refractivity contribution in [1.82, 2.24) is 19.8 Å². The molecule has 0 saturated carbocycles. The summed E-state index contributed by atoms with van der Waals surface area (Å²) in [5.41, 5.74) is 1.93. The van der Waals surface area contributed by atoms with Crippen molar-refractivity contribution in [3.63, 3.8) is 0 Å². The number of aryl methyl sites for hydroxylation is 1. The van der Waals surface area contributed by atoms with Gasteiger partial charge in [-0.15, -0.1) is 12.4 Å². The first kappa shape index (κ1) is 19.1. The lowest BCUT2D eigenvalue weighted by atomic mass is 10.1. The van der Waals surface area contributed by atoms with Gasteiger partial charge in [0.15, 0.2) is 0 Å². The third-order valence-corrected chi connectivity index (χ3v) is 4.72. The molecule has 6 nitrogen and oxygen atoms in total. The van der Waals surface area contributed by atoms with E-state index in [4.69, 9.17) is 0 Å². The minimum absolute atomic E-state index is 0. The highest BCUT2D eigenvalue weighted by molar-refractivity contribution is 5.94. The molecule has 1 aromatic heterocycles. The Balaban J connectivity index is 0.00000210. The quantitative estimate of drug-likeness (QED) is 0.735. The molecule has 1 amide bonds. The Hall–Kier alpha value is -2.70. The van der Waals surface area contributed by atoms with Crippen molar-refractivity contribution in [2.45, 2.75) is 6.92 Å². The summed E-state index contributed by atoms with van der Waals surface area (Å²) in [5, 5.41) is 3.82. The number of piperazine rings is 1. The molecule has 1 aliphatic rings. The van der Waals surface area contributed by atoms with Gasteiger partial charge < -0.3 is 10.2 Å². The number of nitrogens with zero attached hydrogens (tertiary/aromatic N) is 3. The minimum atomic E-state index is -0.103. The normalized spacial score (nSPS) is 14.0. The molecule has 2 heterocycles. The number of carbonyl (C=O) groups excluding carboxylic acids is 1. The number of aromatic nitrogens is 2. The van der Waals surface area contributed by atoms with Gasteiger partial charge in [0.25, 0.3) is 11.5 Å². The summed E-state index contributed by atoms with van der Waals surface area (Å²) in [6.45, 7) is 4.89. The number of hydrogen-bond donors (Lipinski definition) is 1. The van der Waals surface area contributed by atoms with Crippen molar-refractivity contribution < 1.29 is 4.79 Å². The molecule has 0 bridgehead atoms. The lowest BCUT2D eigenvalue weighted by Gasteiger charge is -2.27. The van der Waals surface area contributed by atoms with Crippen LogP contribution in [0.4, 0.5) is 0 Å². The number of carbonyl (C=O) groups is 1. The fourth-order valence-electron chi connectivity index (χ4n) is 3.35. The van der Waals surface area contributed by atoms with E-state index in [0.717, 1.165) is 13.1 Å². The molecule has 140 valence electrons. The maximum absolute atomic E-state index is 12.9. The van der Waals surface area contributed by atoms with E-state index >= 15 is 0 Å². The second kappa shape index (κ2) is 7.90. The second-order valence-corrected chi connectivity index (χ2v) is 6.41. The Morgan fingerprint density at radius 3 is 2.41 bits per heavy atom. The summed E-state index contributed by atoms with van der Waals surface area (Å²) in [6.07, 6.45) is 0. The monoisotopic (exact) mass is 384 g/mol. The zero-order valence-electron chi connectivity index (χ0n) is 15.0. The number of hydrogen-bond acceptors (Lipinski definition) is 4. The van der Waals surface area contributed by atoms with Crippen molar-refractivity contribution in [2.75, 3.05) is 26.2 Å². The van der Waals surface area contributed by atoms with Crippen LogP contribution in [0.2, 0.25) is 0 Å². The third kappa shape index (κ3) is 3.59. The number of para-hydroxylation sites is 1. The summed E-state index contributed by atoms with van der Waals surface area (Å²) in [5.74, 6) is 0.647. The molecule has 27 heavy (non-hydrogen) atoms. The fourth-order valence-corrected chi connectivity index (χ4v) is 3.35.